The molecule has 0 aliphatic carbocycles. The molecule has 0 spiro atoms. The second kappa shape index (κ2) is 25.7. The predicted octanol–water partition coefficient (Wildman–Crippen LogP) is 10.3. The number of hydrogen-bond acceptors (Lipinski definition) is 12. The molecule has 1 aliphatic rings. The Kier molecular flexibility index (Phi) is 19.2. The third-order valence-electron chi connectivity index (χ3n) is 9.57. The Balaban J connectivity index is 0.000000223. The molecular weight excluding hydrogens is 879 g/mol. The van der Waals surface area contributed by atoms with Crippen molar-refractivity contribution in [3.8, 4) is 56.2 Å². The highest BCUT2D eigenvalue weighted by atomic mass is 32.2. The van der Waals surface area contributed by atoms with Gasteiger partial charge in [-0.05, 0) is 59.7 Å². The van der Waals surface area contributed by atoms with E-state index in [2.05, 4.69) is 17.5 Å². The molecule has 3 aromatic heterocycles. The number of pyridine rings is 2. The summed E-state index contributed by atoms with van der Waals surface area (Å²) in [6.07, 6.45) is 2.14. The number of thiophene rings is 1. The molecule has 65 heavy (non-hydrogen) atoms. The Morgan fingerprint density at radius 3 is 1.71 bits per heavy atom. The Bertz CT molecular complexity index is 2730. The molecule has 13 nitrogen and oxygen atoms in total. The highest BCUT2D eigenvalue weighted by Gasteiger charge is 2.22. The number of likely N-dealkylation sites (tertiary alicyclic amines) is 1. The number of carbonyl (C=O) groups is 2. The summed E-state index contributed by atoms with van der Waals surface area (Å²) < 4.78 is 2.00. The first-order chi connectivity index (χ1) is 31.8. The predicted molar refractivity (Wildman–Crippen MR) is 262 cm³/mol. The second-order valence-electron chi connectivity index (χ2n) is 13.6. The van der Waals surface area contributed by atoms with Crippen LogP contribution in [0.5, 0.6) is 0 Å². The first kappa shape index (κ1) is 48.7. The number of aliphatic hydroxyl groups excluding tert-OH is 1. The molecule has 8 rings (SSSR count). The number of aromatic nitrogens is 2. The first-order valence-corrected chi connectivity index (χ1v) is 22.8. The van der Waals surface area contributed by atoms with Crippen LogP contribution in [0.3, 0.4) is 0 Å². The van der Waals surface area contributed by atoms with Gasteiger partial charge in [0.15, 0.2) is 0 Å². The highest BCUT2D eigenvalue weighted by Crippen LogP contribution is 2.37. The van der Waals surface area contributed by atoms with E-state index < -0.39 is 0 Å². The smallest absolute Gasteiger partial charge is 0.374 e. The lowest BCUT2D eigenvalue weighted by Gasteiger charge is -2.16. The van der Waals surface area contributed by atoms with E-state index in [1.807, 2.05) is 142 Å². The van der Waals surface area contributed by atoms with E-state index in [0.717, 1.165) is 77.1 Å². The summed E-state index contributed by atoms with van der Waals surface area (Å²) in [5.74, 6) is 0.313. The number of aliphatic hydroxyl groups is 1. The van der Waals surface area contributed by atoms with Crippen molar-refractivity contribution >= 4 is 58.0 Å². The van der Waals surface area contributed by atoms with Crippen molar-refractivity contribution in [1.82, 2.24) is 14.9 Å². The van der Waals surface area contributed by atoms with E-state index >= 15 is 0 Å². The molecule has 0 unspecified atom stereocenters. The van der Waals surface area contributed by atoms with Gasteiger partial charge in [-0.2, -0.15) is 10.5 Å². The van der Waals surface area contributed by atoms with E-state index in [1.165, 1.54) is 23.5 Å². The zero-order valence-corrected chi connectivity index (χ0v) is 37.6. The summed E-state index contributed by atoms with van der Waals surface area (Å²) in [4.78, 5) is 45.4. The number of nitriles is 2. The summed E-state index contributed by atoms with van der Waals surface area (Å²) in [5.41, 5.74) is 14.1. The van der Waals surface area contributed by atoms with Gasteiger partial charge in [0.2, 0.25) is 11.8 Å². The Hall–Kier alpha value is -7.34. The molecule has 1 aliphatic heterocycles. The number of benzene rings is 4. The quantitative estimate of drug-likeness (QED) is 0.0313. The van der Waals surface area contributed by atoms with Crippen LogP contribution in [0.2, 0.25) is 0 Å². The topological polar surface area (TPSA) is 218 Å². The molecule has 0 radical (unpaired) electrons. The maximum atomic E-state index is 12.5. The average Bonchev–Trinajstić information content (AvgIpc) is 4.12. The van der Waals surface area contributed by atoms with Crippen molar-refractivity contribution in [2.75, 3.05) is 42.8 Å². The minimum Gasteiger partial charge on any atom is -0.400 e. The van der Waals surface area contributed by atoms with Gasteiger partial charge in [0.05, 0.1) is 50.3 Å². The Labute approximate surface area is 389 Å². The molecule has 1 fully saturated rings. The van der Waals surface area contributed by atoms with Crippen LogP contribution in [0, 0.1) is 32.4 Å². The number of thioether (sulfide) groups is 2. The van der Waals surface area contributed by atoms with Gasteiger partial charge in [-0.3, -0.25) is 9.59 Å². The molecule has 4 heterocycles. The molecule has 0 saturated carbocycles. The van der Waals surface area contributed by atoms with Gasteiger partial charge < -0.3 is 21.1 Å². The van der Waals surface area contributed by atoms with E-state index in [1.54, 1.807) is 23.5 Å². The fraction of sp³-hybridized carbons (Fsp3) is 0.143. The number of anilines is 2. The van der Waals surface area contributed by atoms with Crippen molar-refractivity contribution in [2.45, 2.75) is 22.9 Å². The van der Waals surface area contributed by atoms with E-state index in [-0.39, 0.29) is 17.6 Å². The number of nitrogen functional groups attached to an aromatic ring is 1. The third kappa shape index (κ3) is 13.6. The molecule has 5 N–H and O–H groups in total. The summed E-state index contributed by atoms with van der Waals surface area (Å²) in [5, 5.41) is 39.3. The lowest BCUT2D eigenvalue weighted by molar-refractivity contribution is -0.127. The molecule has 0 atom stereocenters. The van der Waals surface area contributed by atoms with E-state index in [0.29, 0.717) is 38.3 Å². The van der Waals surface area contributed by atoms with Crippen molar-refractivity contribution in [3.63, 3.8) is 0 Å². The average molecular weight is 923 g/mol. The van der Waals surface area contributed by atoms with Crippen LogP contribution in [0.25, 0.3) is 44.1 Å². The lowest BCUT2D eigenvalue weighted by Crippen LogP contribution is -2.29. The molecule has 2 amide bonds. The molecule has 328 valence electrons. The summed E-state index contributed by atoms with van der Waals surface area (Å²) >= 11 is 4.18. The molecule has 16 heteroatoms. The molecule has 1 saturated heterocycles. The highest BCUT2D eigenvalue weighted by molar-refractivity contribution is 8.00. The summed E-state index contributed by atoms with van der Waals surface area (Å²) in [7, 11) is 1.00. The van der Waals surface area contributed by atoms with Crippen LogP contribution < -0.4 is 11.1 Å². The lowest BCUT2D eigenvalue weighted by atomic mass is 9.99. The zero-order chi connectivity index (χ0) is 46.4. The van der Waals surface area contributed by atoms with Crippen molar-refractivity contribution in [1.29, 1.82) is 10.5 Å². The van der Waals surface area contributed by atoms with Crippen LogP contribution in [0.1, 0.15) is 24.0 Å². The zero-order valence-electron chi connectivity index (χ0n) is 35.2. The van der Waals surface area contributed by atoms with Crippen LogP contribution in [0.4, 0.5) is 11.4 Å². The van der Waals surface area contributed by atoms with Gasteiger partial charge in [-0.15, -0.1) is 11.3 Å². The van der Waals surface area contributed by atoms with Gasteiger partial charge in [0.1, 0.15) is 22.2 Å². The molecule has 0 bridgehead atoms. The largest absolute Gasteiger partial charge is 0.400 e. The number of rotatable bonds is 11. The molecule has 7 aromatic rings. The number of nitrogens with zero attached hydrogens (tertiary/aromatic N) is 5. The SMILES string of the molecule is CO.N#Cc1c(-c2ccccc2)cc(-c2ccccc2)nc1SCC(=O)N1CCCC1.N#Cc1c(-c2ccccc2)cc(-c2cccs2)nc1SCC(=O)Nc1ccccc1N.O=[O+]O. The fourth-order valence-electron chi connectivity index (χ4n) is 6.59. The number of hydrogen-bond donors (Lipinski definition) is 4. The van der Waals surface area contributed by atoms with Crippen LogP contribution in [0.15, 0.2) is 155 Å². The number of amides is 2. The van der Waals surface area contributed by atoms with Gasteiger partial charge in [0.25, 0.3) is 4.96 Å². The van der Waals surface area contributed by atoms with Crippen LogP contribution >= 0.6 is 34.9 Å². The first-order valence-electron chi connectivity index (χ1n) is 20.0. The van der Waals surface area contributed by atoms with Crippen molar-refractivity contribution in [2.24, 2.45) is 0 Å². The fourth-order valence-corrected chi connectivity index (χ4v) is 8.98. The van der Waals surface area contributed by atoms with E-state index in [4.69, 9.17) is 31.0 Å². The second-order valence-corrected chi connectivity index (χ2v) is 16.5. The maximum Gasteiger partial charge on any atom is 0.374 e. The summed E-state index contributed by atoms with van der Waals surface area (Å²) in [6, 6.07) is 49.1. The minimum absolute atomic E-state index is 0.109. The van der Waals surface area contributed by atoms with Gasteiger partial charge in [-0.1, -0.05) is 138 Å². The van der Waals surface area contributed by atoms with Gasteiger partial charge >= 0.3 is 4.75 Å². The van der Waals surface area contributed by atoms with E-state index in [9.17, 15) is 20.1 Å². The van der Waals surface area contributed by atoms with Crippen LogP contribution in [-0.4, -0.2) is 68.8 Å². The summed E-state index contributed by atoms with van der Waals surface area (Å²) in [6.45, 7) is 1.66. The van der Waals surface area contributed by atoms with Crippen LogP contribution in [-0.2, 0) is 9.59 Å². The normalized spacial score (nSPS) is 11.2. The monoisotopic (exact) mass is 922 g/mol. The Morgan fingerprint density at radius 1 is 0.723 bits per heavy atom. The number of carbonyl (C=O) groups excluding carboxylic acids is 2. The number of nitrogens with one attached hydrogen (secondary N) is 1. The number of para-hydroxylation sites is 2. The molecule has 4 aromatic carbocycles. The standard InChI is InChI=1S/C24H18N4OS2.C24H21N3OS.CH4O.HO3/c25-14-18-17(16-7-2-1-3-8-16)13-21(22-11-6-12-30-22)28-24(18)31-15-23(29)27-20-10-5-4-9-19(20)26;25-16-21-20(18-9-3-1-4-10-18)15-22(19-11-5-2-6-12-19)26-24(21)29-17-23(28)27-13-7-8-14-27;1-2;1-3-2/h1-13H,15,26H2,(H,27,29);1-6,9-12,15H,7-8,13-14,17H2;2H,1H3;1H/q;;;+1. The molecular formula is C49H44N7O6S3+. The van der Waals surface area contributed by atoms with Gasteiger partial charge in [-0.25, -0.2) is 9.97 Å². The van der Waals surface area contributed by atoms with Crippen molar-refractivity contribution in [3.05, 3.63) is 166 Å². The maximum absolute atomic E-state index is 12.5. The minimum atomic E-state index is -0.212. The van der Waals surface area contributed by atoms with Crippen molar-refractivity contribution < 1.29 is 20.0 Å². The number of nitrogens with two attached hydrogens (primary N) is 1. The third-order valence-corrected chi connectivity index (χ3v) is 12.4. The van der Waals surface area contributed by atoms with Gasteiger partial charge in [0, 0.05) is 36.9 Å². The Morgan fingerprint density at radius 2 is 1.20 bits per heavy atom.